The second-order valence-corrected chi connectivity index (χ2v) is 6.51. The predicted octanol–water partition coefficient (Wildman–Crippen LogP) is 0.931. The van der Waals surface area contributed by atoms with Crippen LogP contribution in [-0.4, -0.2) is 50.3 Å². The Morgan fingerprint density at radius 1 is 1.31 bits per heavy atom. The van der Waals surface area contributed by atoms with Crippen LogP contribution in [0.25, 0.3) is 0 Å². The number of rotatable bonds is 7. The number of ether oxygens (including phenoxy) is 2. The zero-order valence-corrected chi connectivity index (χ0v) is 15.6. The molecule has 0 aromatic heterocycles. The number of halogens is 1. The van der Waals surface area contributed by atoms with Crippen LogP contribution in [0.5, 0.6) is 5.75 Å². The third-order valence-corrected chi connectivity index (χ3v) is 4.29. The van der Waals surface area contributed by atoms with Gasteiger partial charge in [0, 0.05) is 12.6 Å². The van der Waals surface area contributed by atoms with Crippen LogP contribution in [0.2, 0.25) is 0 Å². The van der Waals surface area contributed by atoms with Crippen LogP contribution in [0.4, 0.5) is 0 Å². The minimum atomic E-state index is -0.302. The molecule has 1 aliphatic heterocycles. The highest BCUT2D eigenvalue weighted by atomic mass is 35.5. The number of nitrogens with one attached hydrogen (secondary N) is 3. The van der Waals surface area contributed by atoms with Gasteiger partial charge in [-0.3, -0.25) is 9.59 Å². The van der Waals surface area contributed by atoms with E-state index < -0.39 is 0 Å². The normalized spacial score (nSPS) is 20.4. The van der Waals surface area contributed by atoms with E-state index in [2.05, 4.69) is 16.0 Å². The van der Waals surface area contributed by atoms with Gasteiger partial charge in [-0.25, -0.2) is 0 Å². The molecule has 3 rings (SSSR count). The predicted molar refractivity (Wildman–Crippen MR) is 99.5 cm³/mol. The minimum absolute atomic E-state index is 0. The molecule has 1 heterocycles. The minimum Gasteiger partial charge on any atom is -0.484 e. The molecular formula is C18H26ClN3O4. The van der Waals surface area contributed by atoms with E-state index in [-0.39, 0.29) is 42.9 Å². The first-order valence-corrected chi connectivity index (χ1v) is 8.75. The number of benzene rings is 1. The Labute approximate surface area is 159 Å². The van der Waals surface area contributed by atoms with Gasteiger partial charge in [-0.1, -0.05) is 12.1 Å². The summed E-state index contributed by atoms with van der Waals surface area (Å²) in [5, 5.41) is 8.99. The standard InChI is InChI=1S/C18H25N3O4.ClH/c1-12(20-18(23)16-10-24-9-8-19-16)13-2-6-15(7-3-13)25-11-17(22)21-14-4-5-14;/h2-3,6-7,12,14,16,19H,4-5,8-11H2,1H3,(H,20,23)(H,21,22);1H. The van der Waals surface area contributed by atoms with Gasteiger partial charge in [0.15, 0.2) is 6.61 Å². The zero-order valence-electron chi connectivity index (χ0n) is 14.8. The molecule has 1 saturated carbocycles. The van der Waals surface area contributed by atoms with E-state index in [0.717, 1.165) is 18.4 Å². The summed E-state index contributed by atoms with van der Waals surface area (Å²) in [6.07, 6.45) is 2.12. The number of carbonyl (C=O) groups is 2. The van der Waals surface area contributed by atoms with Crippen LogP contribution in [0.1, 0.15) is 31.4 Å². The maximum atomic E-state index is 12.2. The largest absolute Gasteiger partial charge is 0.484 e. The molecule has 2 unspecified atom stereocenters. The molecule has 2 atom stereocenters. The highest BCUT2D eigenvalue weighted by molar-refractivity contribution is 5.85. The molecule has 0 radical (unpaired) electrons. The summed E-state index contributed by atoms with van der Waals surface area (Å²) in [7, 11) is 0. The van der Waals surface area contributed by atoms with Gasteiger partial charge in [0.1, 0.15) is 11.8 Å². The van der Waals surface area contributed by atoms with Crippen LogP contribution in [0.15, 0.2) is 24.3 Å². The Bertz CT molecular complexity index is 601. The van der Waals surface area contributed by atoms with E-state index in [9.17, 15) is 9.59 Å². The fraction of sp³-hybridized carbons (Fsp3) is 0.556. The molecular weight excluding hydrogens is 358 g/mol. The fourth-order valence-corrected chi connectivity index (χ4v) is 2.63. The quantitative estimate of drug-likeness (QED) is 0.652. The van der Waals surface area contributed by atoms with E-state index in [1.807, 2.05) is 31.2 Å². The smallest absolute Gasteiger partial charge is 0.258 e. The first kappa shape index (κ1) is 20.5. The van der Waals surface area contributed by atoms with Gasteiger partial charge in [0.2, 0.25) is 5.91 Å². The van der Waals surface area contributed by atoms with Gasteiger partial charge in [-0.05, 0) is 37.5 Å². The molecule has 3 N–H and O–H groups in total. The van der Waals surface area contributed by atoms with Crippen molar-refractivity contribution in [3.05, 3.63) is 29.8 Å². The SMILES string of the molecule is CC(NC(=O)C1COCCN1)c1ccc(OCC(=O)NC2CC2)cc1.Cl. The second-order valence-electron chi connectivity index (χ2n) is 6.51. The third kappa shape index (κ3) is 6.16. The van der Waals surface area contributed by atoms with Crippen LogP contribution in [-0.2, 0) is 14.3 Å². The van der Waals surface area contributed by atoms with Crippen molar-refractivity contribution in [3.63, 3.8) is 0 Å². The second kappa shape index (κ2) is 9.75. The summed E-state index contributed by atoms with van der Waals surface area (Å²) in [5.41, 5.74) is 0.972. The molecule has 1 aromatic carbocycles. The van der Waals surface area contributed by atoms with Gasteiger partial charge in [0.25, 0.3) is 5.91 Å². The van der Waals surface area contributed by atoms with Gasteiger partial charge in [-0.2, -0.15) is 0 Å². The lowest BCUT2D eigenvalue weighted by Gasteiger charge is -2.25. The molecule has 2 aliphatic rings. The van der Waals surface area contributed by atoms with Crippen LogP contribution < -0.4 is 20.7 Å². The van der Waals surface area contributed by atoms with Crippen molar-refractivity contribution in [2.45, 2.75) is 37.9 Å². The molecule has 8 heteroatoms. The molecule has 2 amide bonds. The first-order chi connectivity index (χ1) is 12.1. The van der Waals surface area contributed by atoms with E-state index >= 15 is 0 Å². The van der Waals surface area contributed by atoms with Crippen molar-refractivity contribution >= 4 is 24.2 Å². The Morgan fingerprint density at radius 2 is 2.04 bits per heavy atom. The van der Waals surface area contributed by atoms with E-state index in [4.69, 9.17) is 9.47 Å². The van der Waals surface area contributed by atoms with Crippen molar-refractivity contribution < 1.29 is 19.1 Å². The molecule has 0 spiro atoms. The Morgan fingerprint density at radius 3 is 2.65 bits per heavy atom. The highest BCUT2D eigenvalue weighted by Crippen LogP contribution is 2.19. The lowest BCUT2D eigenvalue weighted by atomic mass is 10.1. The summed E-state index contributed by atoms with van der Waals surface area (Å²) < 4.78 is 10.8. The number of morpholine rings is 1. The van der Waals surface area contributed by atoms with Gasteiger partial charge in [-0.15, -0.1) is 12.4 Å². The maximum absolute atomic E-state index is 12.2. The average Bonchev–Trinajstić information content (AvgIpc) is 3.45. The molecule has 26 heavy (non-hydrogen) atoms. The average molecular weight is 384 g/mol. The Hall–Kier alpha value is -1.83. The maximum Gasteiger partial charge on any atom is 0.258 e. The number of amides is 2. The molecule has 144 valence electrons. The first-order valence-electron chi connectivity index (χ1n) is 8.75. The summed E-state index contributed by atoms with van der Waals surface area (Å²) in [4.78, 5) is 23.8. The van der Waals surface area contributed by atoms with Crippen LogP contribution in [0, 0.1) is 0 Å². The number of hydrogen-bond donors (Lipinski definition) is 3. The summed E-state index contributed by atoms with van der Waals surface area (Å²) in [6, 6.07) is 7.32. The van der Waals surface area contributed by atoms with Crippen molar-refractivity contribution in [3.8, 4) is 5.75 Å². The molecule has 0 bridgehead atoms. The summed E-state index contributed by atoms with van der Waals surface area (Å²) >= 11 is 0. The van der Waals surface area contributed by atoms with Gasteiger partial charge in [0.05, 0.1) is 19.3 Å². The molecule has 1 saturated heterocycles. The van der Waals surface area contributed by atoms with Crippen LogP contribution in [0.3, 0.4) is 0 Å². The third-order valence-electron chi connectivity index (χ3n) is 4.29. The summed E-state index contributed by atoms with van der Waals surface area (Å²) in [5.74, 6) is 0.481. The summed E-state index contributed by atoms with van der Waals surface area (Å²) in [6.45, 7) is 3.68. The van der Waals surface area contributed by atoms with E-state index in [1.54, 1.807) is 0 Å². The Kier molecular flexibility index (Phi) is 7.68. The van der Waals surface area contributed by atoms with Crippen LogP contribution >= 0.6 is 12.4 Å². The highest BCUT2D eigenvalue weighted by Gasteiger charge is 2.24. The van der Waals surface area contributed by atoms with Crippen molar-refractivity contribution in [1.82, 2.24) is 16.0 Å². The van der Waals surface area contributed by atoms with Crippen molar-refractivity contribution in [1.29, 1.82) is 0 Å². The topological polar surface area (TPSA) is 88.7 Å². The van der Waals surface area contributed by atoms with Crippen molar-refractivity contribution in [2.24, 2.45) is 0 Å². The monoisotopic (exact) mass is 383 g/mol. The lowest BCUT2D eigenvalue weighted by Crippen LogP contribution is -2.51. The van der Waals surface area contributed by atoms with E-state index in [1.165, 1.54) is 0 Å². The van der Waals surface area contributed by atoms with Gasteiger partial charge < -0.3 is 25.4 Å². The lowest BCUT2D eigenvalue weighted by molar-refractivity contribution is -0.126. The van der Waals surface area contributed by atoms with Gasteiger partial charge >= 0.3 is 0 Å². The molecule has 7 nitrogen and oxygen atoms in total. The van der Waals surface area contributed by atoms with Crippen molar-refractivity contribution in [2.75, 3.05) is 26.4 Å². The molecule has 2 fully saturated rings. The van der Waals surface area contributed by atoms with E-state index in [0.29, 0.717) is 31.5 Å². The zero-order chi connectivity index (χ0) is 17.6. The number of hydrogen-bond acceptors (Lipinski definition) is 5. The molecule has 1 aliphatic carbocycles. The Balaban J connectivity index is 0.00000243. The molecule has 1 aromatic rings. The number of carbonyl (C=O) groups excluding carboxylic acids is 2. The fourth-order valence-electron chi connectivity index (χ4n) is 2.63.